The van der Waals surface area contributed by atoms with Crippen LogP contribution in [0.25, 0.3) is 21.8 Å². The minimum atomic E-state index is 1.23. The maximum atomic E-state index is 3.43. The molecule has 0 bridgehead atoms. The molecule has 0 saturated carbocycles. The summed E-state index contributed by atoms with van der Waals surface area (Å²) in [7, 11) is 0. The summed E-state index contributed by atoms with van der Waals surface area (Å²) in [5.74, 6) is 0. The van der Waals surface area contributed by atoms with Gasteiger partial charge in [-0.2, -0.15) is 0 Å². The molecule has 2 heterocycles. The van der Waals surface area contributed by atoms with E-state index >= 15 is 0 Å². The second kappa shape index (κ2) is 2.91. The van der Waals surface area contributed by atoms with Gasteiger partial charge in [-0.1, -0.05) is 0 Å². The maximum absolute atomic E-state index is 3.43. The van der Waals surface area contributed by atoms with E-state index in [1.807, 2.05) is 0 Å². The number of aromatic amines is 2. The first-order valence-corrected chi connectivity index (χ1v) is 5.65. The first kappa shape index (κ1) is 9.52. The SMILES string of the molecule is Cc1[nH]c2cc3[nH]c(C)c(C)c3cc2c1C. The molecule has 0 unspecified atom stereocenters. The number of fused-ring (bicyclic) bond motifs is 2. The van der Waals surface area contributed by atoms with Gasteiger partial charge in [0.25, 0.3) is 0 Å². The zero-order valence-electron chi connectivity index (χ0n) is 10.2. The number of aromatic nitrogens is 2. The van der Waals surface area contributed by atoms with Gasteiger partial charge in [-0.25, -0.2) is 0 Å². The van der Waals surface area contributed by atoms with Crippen LogP contribution in [0.4, 0.5) is 0 Å². The Labute approximate surface area is 94.7 Å². The van der Waals surface area contributed by atoms with E-state index in [1.54, 1.807) is 0 Å². The Hall–Kier alpha value is -1.70. The summed E-state index contributed by atoms with van der Waals surface area (Å²) in [5.41, 5.74) is 7.69. The molecular formula is C14H16N2. The first-order chi connectivity index (χ1) is 7.58. The van der Waals surface area contributed by atoms with Crippen molar-refractivity contribution < 1.29 is 0 Å². The van der Waals surface area contributed by atoms with Crippen LogP contribution in [0.15, 0.2) is 12.1 Å². The van der Waals surface area contributed by atoms with Crippen molar-refractivity contribution in [3.8, 4) is 0 Å². The van der Waals surface area contributed by atoms with Gasteiger partial charge >= 0.3 is 0 Å². The number of rotatable bonds is 0. The summed E-state index contributed by atoms with van der Waals surface area (Å²) in [6.07, 6.45) is 0. The average Bonchev–Trinajstić information content (AvgIpc) is 2.66. The van der Waals surface area contributed by atoms with Crippen LogP contribution in [0.1, 0.15) is 22.5 Å². The van der Waals surface area contributed by atoms with E-state index in [9.17, 15) is 0 Å². The lowest BCUT2D eigenvalue weighted by atomic mass is 10.1. The number of benzene rings is 1. The third-order valence-electron chi connectivity index (χ3n) is 3.74. The highest BCUT2D eigenvalue weighted by molar-refractivity contribution is 5.99. The molecule has 82 valence electrons. The number of aryl methyl sites for hydroxylation is 4. The quantitative estimate of drug-likeness (QED) is 0.566. The summed E-state index contributed by atoms with van der Waals surface area (Å²) >= 11 is 0. The molecule has 3 aromatic rings. The molecule has 0 atom stereocenters. The number of nitrogens with one attached hydrogen (secondary N) is 2. The molecule has 0 radical (unpaired) electrons. The van der Waals surface area contributed by atoms with Crippen LogP contribution in [0.3, 0.4) is 0 Å². The van der Waals surface area contributed by atoms with Gasteiger partial charge < -0.3 is 9.97 Å². The summed E-state index contributed by atoms with van der Waals surface area (Å²) in [6.45, 7) is 8.60. The molecule has 3 rings (SSSR count). The topological polar surface area (TPSA) is 31.6 Å². The molecular weight excluding hydrogens is 196 g/mol. The van der Waals surface area contributed by atoms with E-state index in [2.05, 4.69) is 49.8 Å². The Balaban J connectivity index is 2.53. The van der Waals surface area contributed by atoms with Crippen molar-refractivity contribution in [1.29, 1.82) is 0 Å². The zero-order valence-corrected chi connectivity index (χ0v) is 10.2. The van der Waals surface area contributed by atoms with Crippen LogP contribution in [0.2, 0.25) is 0 Å². The third kappa shape index (κ3) is 1.07. The minimum Gasteiger partial charge on any atom is -0.358 e. The van der Waals surface area contributed by atoms with Crippen LogP contribution < -0.4 is 0 Å². The molecule has 0 saturated heterocycles. The normalized spacial score (nSPS) is 11.8. The lowest BCUT2D eigenvalue weighted by molar-refractivity contribution is 1.25. The molecule has 0 aliphatic heterocycles. The summed E-state index contributed by atoms with van der Waals surface area (Å²) < 4.78 is 0. The second-order valence-corrected chi connectivity index (χ2v) is 4.69. The molecule has 16 heavy (non-hydrogen) atoms. The summed E-state index contributed by atoms with van der Waals surface area (Å²) in [4.78, 5) is 6.86. The predicted octanol–water partition coefficient (Wildman–Crippen LogP) is 3.88. The van der Waals surface area contributed by atoms with E-state index in [0.29, 0.717) is 0 Å². The van der Waals surface area contributed by atoms with Gasteiger partial charge in [0.15, 0.2) is 0 Å². The Morgan fingerprint density at radius 2 is 1.12 bits per heavy atom. The molecule has 2 N–H and O–H groups in total. The second-order valence-electron chi connectivity index (χ2n) is 4.69. The first-order valence-electron chi connectivity index (χ1n) is 5.65. The van der Waals surface area contributed by atoms with Crippen LogP contribution in [0, 0.1) is 27.7 Å². The fourth-order valence-electron chi connectivity index (χ4n) is 2.42. The van der Waals surface area contributed by atoms with Crippen LogP contribution >= 0.6 is 0 Å². The van der Waals surface area contributed by atoms with Crippen molar-refractivity contribution in [2.75, 3.05) is 0 Å². The highest BCUT2D eigenvalue weighted by Gasteiger charge is 2.09. The number of hydrogen-bond acceptors (Lipinski definition) is 0. The molecule has 0 spiro atoms. The molecule has 2 nitrogen and oxygen atoms in total. The van der Waals surface area contributed by atoms with Gasteiger partial charge in [0, 0.05) is 33.2 Å². The highest BCUT2D eigenvalue weighted by Crippen LogP contribution is 2.29. The Morgan fingerprint density at radius 3 is 1.56 bits per heavy atom. The predicted molar refractivity (Wildman–Crippen MR) is 69.1 cm³/mol. The smallest absolute Gasteiger partial charge is 0.0480 e. The fraction of sp³-hybridized carbons (Fsp3) is 0.286. The largest absolute Gasteiger partial charge is 0.358 e. The van der Waals surface area contributed by atoms with Crippen molar-refractivity contribution >= 4 is 21.8 Å². The van der Waals surface area contributed by atoms with Crippen molar-refractivity contribution in [3.05, 3.63) is 34.6 Å². The van der Waals surface area contributed by atoms with Crippen LogP contribution in [0.5, 0.6) is 0 Å². The van der Waals surface area contributed by atoms with Crippen LogP contribution in [-0.2, 0) is 0 Å². The van der Waals surface area contributed by atoms with Crippen molar-refractivity contribution in [3.63, 3.8) is 0 Å². The van der Waals surface area contributed by atoms with Gasteiger partial charge in [-0.3, -0.25) is 0 Å². The molecule has 0 amide bonds. The van der Waals surface area contributed by atoms with E-state index in [1.165, 1.54) is 44.3 Å². The molecule has 0 aliphatic carbocycles. The van der Waals surface area contributed by atoms with Gasteiger partial charge in [-0.15, -0.1) is 0 Å². The van der Waals surface area contributed by atoms with Gasteiger partial charge in [0.1, 0.15) is 0 Å². The lowest BCUT2D eigenvalue weighted by Gasteiger charge is -1.95. The van der Waals surface area contributed by atoms with Crippen LogP contribution in [-0.4, -0.2) is 9.97 Å². The zero-order chi connectivity index (χ0) is 11.4. The maximum Gasteiger partial charge on any atom is 0.0480 e. The molecule has 1 aromatic carbocycles. The lowest BCUT2D eigenvalue weighted by Crippen LogP contribution is -1.73. The molecule has 0 aliphatic rings. The van der Waals surface area contributed by atoms with Crippen molar-refractivity contribution in [1.82, 2.24) is 9.97 Å². The summed E-state index contributed by atoms with van der Waals surface area (Å²) in [5, 5.41) is 2.68. The van der Waals surface area contributed by atoms with Gasteiger partial charge in [0.05, 0.1) is 0 Å². The number of H-pyrrole nitrogens is 2. The van der Waals surface area contributed by atoms with Crippen molar-refractivity contribution in [2.45, 2.75) is 27.7 Å². The monoisotopic (exact) mass is 212 g/mol. The number of hydrogen-bond donors (Lipinski definition) is 2. The van der Waals surface area contributed by atoms with Gasteiger partial charge in [0.2, 0.25) is 0 Å². The van der Waals surface area contributed by atoms with Crippen molar-refractivity contribution in [2.24, 2.45) is 0 Å². The van der Waals surface area contributed by atoms with E-state index in [-0.39, 0.29) is 0 Å². The fourth-order valence-corrected chi connectivity index (χ4v) is 2.42. The Morgan fingerprint density at radius 1 is 0.688 bits per heavy atom. The molecule has 2 aromatic heterocycles. The highest BCUT2D eigenvalue weighted by atomic mass is 14.7. The minimum absolute atomic E-state index is 1.23. The third-order valence-corrected chi connectivity index (χ3v) is 3.74. The summed E-state index contributed by atoms with van der Waals surface area (Å²) in [6, 6.07) is 4.51. The van der Waals surface area contributed by atoms with Gasteiger partial charge in [-0.05, 0) is 51.0 Å². The average molecular weight is 212 g/mol. The standard InChI is InChI=1S/C14H16N2/c1-7-9(3)15-13-6-14-12(5-11(7)13)8(2)10(4)16-14/h5-6,15-16H,1-4H3. The Kier molecular flexibility index (Phi) is 1.73. The van der Waals surface area contributed by atoms with E-state index < -0.39 is 0 Å². The Bertz CT molecular complexity index is 641. The molecule has 0 fully saturated rings. The van der Waals surface area contributed by atoms with E-state index in [4.69, 9.17) is 0 Å². The molecule has 2 heteroatoms. The van der Waals surface area contributed by atoms with E-state index in [0.717, 1.165) is 0 Å².